The lowest BCUT2D eigenvalue weighted by atomic mass is 10.3. The predicted molar refractivity (Wildman–Crippen MR) is 74.2 cm³/mol. The van der Waals surface area contributed by atoms with Gasteiger partial charge in [0.05, 0.1) is 5.69 Å². The molecule has 20 heavy (non-hydrogen) atoms. The number of nitrogens with zero attached hydrogens (tertiary/aromatic N) is 1. The number of nitrogen functional groups attached to an aromatic ring is 1. The van der Waals surface area contributed by atoms with E-state index in [-0.39, 0.29) is 20.9 Å². The molecule has 0 aliphatic heterocycles. The zero-order valence-electron chi connectivity index (χ0n) is 9.72. The van der Waals surface area contributed by atoms with Gasteiger partial charge >= 0.3 is 0 Å². The van der Waals surface area contributed by atoms with Gasteiger partial charge in [0.1, 0.15) is 10.7 Å². The Bertz CT molecular complexity index is 801. The molecule has 7 nitrogen and oxygen atoms in total. The molecule has 10 heteroatoms. The maximum absolute atomic E-state index is 13.2. The lowest BCUT2D eigenvalue weighted by molar-refractivity contribution is 0.599. The van der Waals surface area contributed by atoms with Crippen molar-refractivity contribution in [2.75, 3.05) is 10.5 Å². The number of sulfonamides is 1. The van der Waals surface area contributed by atoms with Gasteiger partial charge in [-0.05, 0) is 34.1 Å². The first kappa shape index (κ1) is 14.5. The second-order valence-electron chi connectivity index (χ2n) is 3.72. The molecule has 0 unspecified atom stereocenters. The van der Waals surface area contributed by atoms with Crippen LogP contribution in [0.15, 0.2) is 38.4 Å². The summed E-state index contributed by atoms with van der Waals surface area (Å²) in [6.07, 6.45) is 0. The smallest absolute Gasteiger partial charge is 0.264 e. The Morgan fingerprint density at radius 3 is 2.65 bits per heavy atom. The van der Waals surface area contributed by atoms with Gasteiger partial charge < -0.3 is 5.73 Å². The number of nitrogens with two attached hydrogens (primary N) is 1. The molecule has 0 aliphatic carbocycles. The lowest BCUT2D eigenvalue weighted by Gasteiger charge is -2.09. The van der Waals surface area contributed by atoms with Crippen molar-refractivity contribution < 1.29 is 12.8 Å². The van der Waals surface area contributed by atoms with Crippen LogP contribution in [-0.2, 0) is 10.0 Å². The van der Waals surface area contributed by atoms with Crippen molar-refractivity contribution >= 4 is 37.5 Å². The summed E-state index contributed by atoms with van der Waals surface area (Å²) >= 11 is 2.95. The van der Waals surface area contributed by atoms with Gasteiger partial charge in [0.2, 0.25) is 0 Å². The molecule has 0 radical (unpaired) electrons. The maximum Gasteiger partial charge on any atom is 0.264 e. The van der Waals surface area contributed by atoms with E-state index in [0.29, 0.717) is 0 Å². The monoisotopic (exact) mass is 362 g/mol. The number of rotatable bonds is 3. The van der Waals surface area contributed by atoms with Gasteiger partial charge in [-0.1, -0.05) is 0 Å². The Morgan fingerprint density at radius 1 is 1.35 bits per heavy atom. The molecule has 1 aromatic heterocycles. The zero-order valence-corrected chi connectivity index (χ0v) is 12.1. The van der Waals surface area contributed by atoms with Crippen LogP contribution in [0.5, 0.6) is 0 Å². The van der Waals surface area contributed by atoms with Gasteiger partial charge in [-0.15, -0.1) is 0 Å². The molecule has 1 aromatic carbocycles. The molecule has 0 spiro atoms. The highest BCUT2D eigenvalue weighted by Crippen LogP contribution is 2.27. The van der Waals surface area contributed by atoms with E-state index in [4.69, 9.17) is 5.73 Å². The van der Waals surface area contributed by atoms with E-state index in [9.17, 15) is 17.6 Å². The first-order chi connectivity index (χ1) is 9.29. The summed E-state index contributed by atoms with van der Waals surface area (Å²) in [5, 5.41) is 5.59. The number of H-pyrrole nitrogens is 1. The Morgan fingerprint density at radius 2 is 2.05 bits per heavy atom. The minimum atomic E-state index is -4.02. The second kappa shape index (κ2) is 5.21. The van der Waals surface area contributed by atoms with E-state index >= 15 is 0 Å². The molecule has 1 heterocycles. The highest BCUT2D eigenvalue weighted by molar-refractivity contribution is 9.10. The summed E-state index contributed by atoms with van der Waals surface area (Å²) in [5.74, 6) is -0.822. The van der Waals surface area contributed by atoms with Crippen molar-refractivity contribution in [1.82, 2.24) is 10.2 Å². The normalized spacial score (nSPS) is 11.3. The van der Waals surface area contributed by atoms with Crippen LogP contribution >= 0.6 is 15.9 Å². The number of anilines is 2. The van der Waals surface area contributed by atoms with E-state index < -0.39 is 21.4 Å². The third kappa shape index (κ3) is 2.96. The molecule has 0 amide bonds. The summed E-state index contributed by atoms with van der Waals surface area (Å²) in [5.41, 5.74) is 4.57. The second-order valence-corrected chi connectivity index (χ2v) is 6.22. The molecular formula is C10H8BrFN4O3S. The number of aromatic nitrogens is 2. The van der Waals surface area contributed by atoms with Crippen molar-refractivity contribution in [3.8, 4) is 0 Å². The minimum absolute atomic E-state index is 0.0149. The largest absolute Gasteiger partial charge is 0.396 e. The van der Waals surface area contributed by atoms with Crippen LogP contribution in [0.2, 0.25) is 0 Å². The van der Waals surface area contributed by atoms with Crippen LogP contribution in [0.4, 0.5) is 15.9 Å². The minimum Gasteiger partial charge on any atom is -0.396 e. The van der Waals surface area contributed by atoms with Crippen molar-refractivity contribution in [1.29, 1.82) is 0 Å². The van der Waals surface area contributed by atoms with Gasteiger partial charge in [0.25, 0.3) is 15.6 Å². The molecule has 0 aliphatic rings. The van der Waals surface area contributed by atoms with Gasteiger partial charge in [-0.2, -0.15) is 5.10 Å². The van der Waals surface area contributed by atoms with Crippen molar-refractivity contribution in [2.45, 2.75) is 4.90 Å². The third-order valence-corrected chi connectivity index (χ3v) is 4.57. The van der Waals surface area contributed by atoms with E-state index in [1.807, 2.05) is 0 Å². The molecule has 0 saturated heterocycles. The van der Waals surface area contributed by atoms with Gasteiger partial charge in [0.15, 0.2) is 5.82 Å². The Balaban J connectivity index is 2.43. The maximum atomic E-state index is 13.2. The van der Waals surface area contributed by atoms with E-state index in [0.717, 1.165) is 18.2 Å². The summed E-state index contributed by atoms with van der Waals surface area (Å²) in [6, 6.07) is 4.23. The topological polar surface area (TPSA) is 118 Å². The van der Waals surface area contributed by atoms with Crippen molar-refractivity contribution in [3.05, 3.63) is 44.9 Å². The first-order valence-corrected chi connectivity index (χ1v) is 7.40. The molecule has 4 N–H and O–H groups in total. The molecule has 0 fully saturated rings. The van der Waals surface area contributed by atoms with Crippen LogP contribution in [0, 0.1) is 5.82 Å². The average Bonchev–Trinajstić information content (AvgIpc) is 2.36. The standard InChI is InChI=1S/C10H8BrFN4O3S/c11-5-3-6(12)7(13)4-8(5)20(18,19)16-9-1-2-10(17)15-14-9/h1-4H,13H2,(H,14,16)(H,15,17). The van der Waals surface area contributed by atoms with Crippen LogP contribution in [0.1, 0.15) is 0 Å². The van der Waals surface area contributed by atoms with Crippen LogP contribution in [0.3, 0.4) is 0 Å². The van der Waals surface area contributed by atoms with Crippen molar-refractivity contribution in [3.63, 3.8) is 0 Å². The van der Waals surface area contributed by atoms with E-state index in [1.165, 1.54) is 6.07 Å². The number of hydrogen-bond acceptors (Lipinski definition) is 5. The molecule has 0 atom stereocenters. The summed E-state index contributed by atoms with van der Waals surface area (Å²) in [4.78, 5) is 10.6. The fourth-order valence-corrected chi connectivity index (χ4v) is 3.40. The molecule has 0 saturated carbocycles. The Kier molecular flexibility index (Phi) is 3.77. The Hall–Kier alpha value is -1.94. The quantitative estimate of drug-likeness (QED) is 0.705. The molecular weight excluding hydrogens is 355 g/mol. The van der Waals surface area contributed by atoms with Gasteiger partial charge in [-0.3, -0.25) is 9.52 Å². The summed E-state index contributed by atoms with van der Waals surface area (Å²) in [7, 11) is -4.02. The average molecular weight is 363 g/mol. The van der Waals surface area contributed by atoms with Crippen LogP contribution in [0.25, 0.3) is 0 Å². The number of halogens is 2. The fourth-order valence-electron chi connectivity index (χ4n) is 1.34. The highest BCUT2D eigenvalue weighted by atomic mass is 79.9. The van der Waals surface area contributed by atoms with E-state index in [2.05, 4.69) is 30.8 Å². The van der Waals surface area contributed by atoms with Crippen molar-refractivity contribution in [2.24, 2.45) is 0 Å². The lowest BCUT2D eigenvalue weighted by Crippen LogP contribution is -2.17. The molecule has 2 rings (SSSR count). The zero-order chi connectivity index (χ0) is 14.9. The number of aromatic amines is 1. The van der Waals surface area contributed by atoms with Gasteiger partial charge in [-0.25, -0.2) is 17.9 Å². The highest BCUT2D eigenvalue weighted by Gasteiger charge is 2.20. The fraction of sp³-hybridized carbons (Fsp3) is 0. The summed E-state index contributed by atoms with van der Waals surface area (Å²) < 4.78 is 39.6. The number of benzene rings is 1. The van der Waals surface area contributed by atoms with Gasteiger partial charge in [0, 0.05) is 10.5 Å². The molecule has 2 aromatic rings. The Labute approximate surface area is 121 Å². The molecule has 106 valence electrons. The predicted octanol–water partition coefficient (Wildman–Crippen LogP) is 1.05. The first-order valence-electron chi connectivity index (χ1n) is 5.12. The van der Waals surface area contributed by atoms with Crippen LogP contribution in [-0.4, -0.2) is 18.6 Å². The number of nitrogens with one attached hydrogen (secondary N) is 2. The van der Waals surface area contributed by atoms with E-state index in [1.54, 1.807) is 0 Å². The molecule has 0 bridgehead atoms. The third-order valence-electron chi connectivity index (χ3n) is 2.26. The summed E-state index contributed by atoms with van der Waals surface area (Å²) in [6.45, 7) is 0. The van der Waals surface area contributed by atoms with Crippen LogP contribution < -0.4 is 16.0 Å². The SMILES string of the molecule is Nc1cc(S(=O)(=O)Nc2ccc(=O)[nH]n2)c(Br)cc1F. The number of hydrogen-bond donors (Lipinski definition) is 3.